The molecule has 9 nitrogen and oxygen atoms in total. The molecule has 29 heavy (non-hydrogen) atoms. The molecule has 4 heterocycles. The number of amides is 1. The van der Waals surface area contributed by atoms with E-state index in [1.807, 2.05) is 12.1 Å². The van der Waals surface area contributed by atoms with E-state index in [1.54, 1.807) is 37.6 Å². The minimum Gasteiger partial charge on any atom is -0.354 e. The van der Waals surface area contributed by atoms with Gasteiger partial charge >= 0.3 is 0 Å². The van der Waals surface area contributed by atoms with Gasteiger partial charge in [-0.3, -0.25) is 15.1 Å². The first-order valence-corrected chi connectivity index (χ1v) is 9.42. The van der Waals surface area contributed by atoms with Crippen molar-refractivity contribution >= 4 is 17.7 Å². The summed E-state index contributed by atoms with van der Waals surface area (Å²) in [5.74, 6) is 1.74. The smallest absolute Gasteiger partial charge is 0.259 e. The first kappa shape index (κ1) is 18.9. The average Bonchev–Trinajstić information content (AvgIpc) is 2.74. The number of rotatable bonds is 4. The monoisotopic (exact) mass is 390 g/mol. The van der Waals surface area contributed by atoms with Gasteiger partial charge in [0, 0.05) is 50.3 Å². The largest absolute Gasteiger partial charge is 0.354 e. The maximum absolute atomic E-state index is 12.6. The molecule has 4 rings (SSSR count). The summed E-state index contributed by atoms with van der Waals surface area (Å²) in [6.07, 6.45) is 4.93. The van der Waals surface area contributed by atoms with Crippen LogP contribution in [-0.4, -0.2) is 69.0 Å². The number of nitrogens with one attached hydrogen (secondary N) is 1. The highest BCUT2D eigenvalue weighted by Gasteiger charge is 2.16. The third-order valence-electron chi connectivity index (χ3n) is 4.73. The number of nitrogens with zero attached hydrogens (tertiary/aromatic N) is 7. The summed E-state index contributed by atoms with van der Waals surface area (Å²) in [6, 6.07) is 7.31. The highest BCUT2D eigenvalue weighted by atomic mass is 16.1. The van der Waals surface area contributed by atoms with Gasteiger partial charge < -0.3 is 9.80 Å². The molecule has 1 N–H and O–H groups in total. The first-order chi connectivity index (χ1) is 14.1. The minimum absolute atomic E-state index is 0.199. The second-order valence-corrected chi connectivity index (χ2v) is 6.92. The molecule has 0 bridgehead atoms. The number of aromatic nitrogens is 5. The Hall–Kier alpha value is -3.46. The maximum atomic E-state index is 12.6. The molecule has 3 aromatic heterocycles. The summed E-state index contributed by atoms with van der Waals surface area (Å²) < 4.78 is 0. The molecule has 0 spiro atoms. The average molecular weight is 390 g/mol. The molecule has 0 aromatic carbocycles. The van der Waals surface area contributed by atoms with E-state index in [9.17, 15) is 4.79 Å². The lowest BCUT2D eigenvalue weighted by atomic mass is 10.2. The topological polar surface area (TPSA) is 100 Å². The van der Waals surface area contributed by atoms with Crippen LogP contribution in [0.15, 0.2) is 42.9 Å². The molecule has 0 radical (unpaired) electrons. The van der Waals surface area contributed by atoms with Crippen LogP contribution < -0.4 is 10.2 Å². The lowest BCUT2D eigenvalue weighted by Gasteiger charge is -2.33. The normalized spacial score (nSPS) is 14.6. The Kier molecular flexibility index (Phi) is 5.39. The zero-order valence-electron chi connectivity index (χ0n) is 16.4. The number of anilines is 2. The second-order valence-electron chi connectivity index (χ2n) is 6.92. The SMILES string of the molecule is Cc1nc(NC(=O)c2ccc(N3CCN(C)CC3)nc2)nc(-c2cccnc2)n1. The molecular formula is C20H22N8O. The van der Waals surface area contributed by atoms with Crippen LogP contribution in [0, 0.1) is 6.92 Å². The van der Waals surface area contributed by atoms with Crippen LogP contribution in [0.25, 0.3) is 11.4 Å². The Bertz CT molecular complexity index is 985. The summed E-state index contributed by atoms with van der Waals surface area (Å²) in [5.41, 5.74) is 1.20. The molecule has 0 atom stereocenters. The van der Waals surface area contributed by atoms with Crippen molar-refractivity contribution in [3.8, 4) is 11.4 Å². The van der Waals surface area contributed by atoms with Gasteiger partial charge in [0.05, 0.1) is 5.56 Å². The van der Waals surface area contributed by atoms with E-state index in [1.165, 1.54) is 0 Å². The molecule has 3 aromatic rings. The van der Waals surface area contributed by atoms with Gasteiger partial charge in [-0.05, 0) is 38.2 Å². The van der Waals surface area contributed by atoms with E-state index in [-0.39, 0.29) is 11.9 Å². The van der Waals surface area contributed by atoms with Gasteiger partial charge in [-0.25, -0.2) is 9.97 Å². The Balaban J connectivity index is 1.47. The number of hydrogen-bond acceptors (Lipinski definition) is 8. The van der Waals surface area contributed by atoms with E-state index in [2.05, 4.69) is 47.1 Å². The standard InChI is InChI=1S/C20H22N8O/c1-14-23-18(15-4-3-7-21-12-15)25-20(24-14)26-19(29)16-5-6-17(22-13-16)28-10-8-27(2)9-11-28/h3-7,12-13H,8-11H2,1-2H3,(H,23,24,25,26,29). The number of aryl methyl sites for hydroxylation is 1. The molecule has 148 valence electrons. The number of hydrogen-bond donors (Lipinski definition) is 1. The predicted molar refractivity (Wildman–Crippen MR) is 110 cm³/mol. The molecular weight excluding hydrogens is 368 g/mol. The molecule has 1 fully saturated rings. The van der Waals surface area contributed by atoms with Gasteiger partial charge in [-0.1, -0.05) is 0 Å². The van der Waals surface area contributed by atoms with Crippen molar-refractivity contribution < 1.29 is 4.79 Å². The van der Waals surface area contributed by atoms with Gasteiger partial charge in [0.25, 0.3) is 5.91 Å². The second kappa shape index (κ2) is 8.27. The Morgan fingerprint density at radius 2 is 1.86 bits per heavy atom. The van der Waals surface area contributed by atoms with Crippen molar-refractivity contribution in [1.29, 1.82) is 0 Å². The zero-order valence-corrected chi connectivity index (χ0v) is 16.4. The van der Waals surface area contributed by atoms with Crippen LogP contribution in [-0.2, 0) is 0 Å². The summed E-state index contributed by atoms with van der Waals surface area (Å²) in [4.78, 5) is 38.5. The number of carbonyl (C=O) groups is 1. The fraction of sp³-hybridized carbons (Fsp3) is 0.300. The van der Waals surface area contributed by atoms with Crippen LogP contribution in [0.4, 0.5) is 11.8 Å². The summed E-state index contributed by atoms with van der Waals surface area (Å²) in [5, 5.41) is 2.73. The summed E-state index contributed by atoms with van der Waals surface area (Å²) >= 11 is 0. The van der Waals surface area contributed by atoms with Crippen molar-refractivity contribution in [2.75, 3.05) is 43.4 Å². The van der Waals surface area contributed by atoms with Crippen LogP contribution in [0.2, 0.25) is 0 Å². The van der Waals surface area contributed by atoms with E-state index < -0.39 is 0 Å². The van der Waals surface area contributed by atoms with Crippen LogP contribution >= 0.6 is 0 Å². The van der Waals surface area contributed by atoms with Crippen LogP contribution in [0.1, 0.15) is 16.2 Å². The molecule has 1 aliphatic heterocycles. The van der Waals surface area contributed by atoms with Crippen molar-refractivity contribution in [3.05, 3.63) is 54.2 Å². The van der Waals surface area contributed by atoms with E-state index in [0.29, 0.717) is 17.2 Å². The van der Waals surface area contributed by atoms with Gasteiger partial charge in [0.15, 0.2) is 5.82 Å². The van der Waals surface area contributed by atoms with Gasteiger partial charge in [0.1, 0.15) is 11.6 Å². The molecule has 1 aliphatic rings. The van der Waals surface area contributed by atoms with Gasteiger partial charge in [0.2, 0.25) is 5.95 Å². The zero-order chi connectivity index (χ0) is 20.2. The highest BCUT2D eigenvalue weighted by Crippen LogP contribution is 2.16. The quantitative estimate of drug-likeness (QED) is 0.718. The maximum Gasteiger partial charge on any atom is 0.259 e. The number of carbonyl (C=O) groups excluding carboxylic acids is 1. The molecule has 0 unspecified atom stereocenters. The molecule has 0 aliphatic carbocycles. The van der Waals surface area contributed by atoms with Gasteiger partial charge in [-0.15, -0.1) is 0 Å². The number of likely N-dealkylation sites (N-methyl/N-ethyl adjacent to an activating group) is 1. The summed E-state index contributed by atoms with van der Waals surface area (Å²) in [7, 11) is 2.11. The predicted octanol–water partition coefficient (Wildman–Crippen LogP) is 1.64. The summed E-state index contributed by atoms with van der Waals surface area (Å²) in [6.45, 7) is 5.61. The molecule has 0 saturated carbocycles. The lowest BCUT2D eigenvalue weighted by Crippen LogP contribution is -2.44. The molecule has 1 saturated heterocycles. The highest BCUT2D eigenvalue weighted by molar-refractivity contribution is 6.03. The minimum atomic E-state index is -0.315. The van der Waals surface area contributed by atoms with Crippen molar-refractivity contribution in [3.63, 3.8) is 0 Å². The van der Waals surface area contributed by atoms with E-state index >= 15 is 0 Å². The van der Waals surface area contributed by atoms with E-state index in [4.69, 9.17) is 0 Å². The Labute approximate surface area is 168 Å². The van der Waals surface area contributed by atoms with Crippen LogP contribution in [0.3, 0.4) is 0 Å². The third-order valence-corrected chi connectivity index (χ3v) is 4.73. The number of pyridine rings is 2. The van der Waals surface area contributed by atoms with Crippen molar-refractivity contribution in [2.45, 2.75) is 6.92 Å². The fourth-order valence-corrected chi connectivity index (χ4v) is 3.08. The number of piperazine rings is 1. The third kappa shape index (κ3) is 4.52. The lowest BCUT2D eigenvalue weighted by molar-refractivity contribution is 0.102. The Morgan fingerprint density at radius 1 is 1.03 bits per heavy atom. The van der Waals surface area contributed by atoms with E-state index in [0.717, 1.165) is 37.6 Å². The fourth-order valence-electron chi connectivity index (χ4n) is 3.08. The first-order valence-electron chi connectivity index (χ1n) is 9.42. The van der Waals surface area contributed by atoms with Crippen LogP contribution in [0.5, 0.6) is 0 Å². The van der Waals surface area contributed by atoms with Gasteiger partial charge in [-0.2, -0.15) is 9.97 Å². The Morgan fingerprint density at radius 3 is 2.55 bits per heavy atom. The van der Waals surface area contributed by atoms with Crippen molar-refractivity contribution in [2.24, 2.45) is 0 Å². The van der Waals surface area contributed by atoms with Crippen molar-refractivity contribution in [1.82, 2.24) is 29.8 Å². The molecule has 9 heteroatoms. The molecule has 1 amide bonds.